The van der Waals surface area contributed by atoms with Crippen LogP contribution >= 0.6 is 0 Å². The number of fused-ring (bicyclic) bond motifs is 4. The second-order valence-corrected chi connectivity index (χ2v) is 9.34. The molecule has 4 aliphatic carbocycles. The number of hydrogen-bond acceptors (Lipinski definition) is 3. The van der Waals surface area contributed by atoms with Gasteiger partial charge in [0.25, 0.3) is 0 Å². The molecule has 3 N–H and O–H groups in total. The highest BCUT2D eigenvalue weighted by atomic mass is 16.3. The van der Waals surface area contributed by atoms with Gasteiger partial charge in [-0.1, -0.05) is 24.6 Å². The maximum Gasteiger partial charge on any atom is 0.156 e. The van der Waals surface area contributed by atoms with Crippen molar-refractivity contribution in [3.63, 3.8) is 0 Å². The van der Waals surface area contributed by atoms with Crippen molar-refractivity contribution >= 4 is 11.5 Å². The molecule has 0 heterocycles. The summed E-state index contributed by atoms with van der Waals surface area (Å²) in [6.07, 6.45) is 8.46. The van der Waals surface area contributed by atoms with E-state index in [-0.39, 0.29) is 17.3 Å². The van der Waals surface area contributed by atoms with Gasteiger partial charge in [-0.05, 0) is 90.7 Å². The van der Waals surface area contributed by atoms with Crippen LogP contribution < -0.4 is 5.73 Å². The number of rotatable bonds is 1. The van der Waals surface area contributed by atoms with Gasteiger partial charge < -0.3 is 10.8 Å². The van der Waals surface area contributed by atoms with Crippen molar-refractivity contribution in [1.82, 2.24) is 0 Å². The summed E-state index contributed by atoms with van der Waals surface area (Å²) in [5.74, 6) is 1.73. The van der Waals surface area contributed by atoms with Gasteiger partial charge in [-0.15, -0.1) is 0 Å². The second-order valence-electron chi connectivity index (χ2n) is 9.34. The molecule has 0 aromatic heterocycles. The van der Waals surface area contributed by atoms with E-state index in [0.29, 0.717) is 24.2 Å². The van der Waals surface area contributed by atoms with Crippen LogP contribution in [0.3, 0.4) is 0 Å². The van der Waals surface area contributed by atoms with Crippen LogP contribution in [0.15, 0.2) is 47.1 Å². The Bertz CT molecular complexity index is 850. The van der Waals surface area contributed by atoms with Gasteiger partial charge in [0.2, 0.25) is 0 Å². The van der Waals surface area contributed by atoms with E-state index in [2.05, 4.69) is 19.1 Å². The van der Waals surface area contributed by atoms with E-state index in [4.69, 9.17) is 5.73 Å². The normalized spacial score (nSPS) is 38.1. The lowest BCUT2D eigenvalue weighted by Crippen LogP contribution is -2.45. The van der Waals surface area contributed by atoms with E-state index >= 15 is 0 Å². The third-order valence-corrected chi connectivity index (χ3v) is 8.02. The first-order valence-electron chi connectivity index (χ1n) is 10.5. The van der Waals surface area contributed by atoms with Crippen LogP contribution in [0.25, 0.3) is 0 Å². The van der Waals surface area contributed by atoms with E-state index < -0.39 is 0 Å². The van der Waals surface area contributed by atoms with Crippen molar-refractivity contribution in [1.29, 1.82) is 0 Å². The number of anilines is 1. The fourth-order valence-electron chi connectivity index (χ4n) is 6.66. The third kappa shape index (κ3) is 2.55. The average molecular weight is 364 g/mol. The van der Waals surface area contributed by atoms with Crippen LogP contribution in [0.4, 0.5) is 5.69 Å². The average Bonchev–Trinajstić information content (AvgIpc) is 2.96. The highest BCUT2D eigenvalue weighted by Crippen LogP contribution is 2.63. The van der Waals surface area contributed by atoms with Crippen LogP contribution in [-0.4, -0.2) is 17.0 Å². The first-order chi connectivity index (χ1) is 13.0. The monoisotopic (exact) mass is 363 g/mol. The molecule has 3 heteroatoms. The SMILES string of the molecule is C[C@]12C[C@H](c3ccc(N)cc3)C3=C4CCC(=O)C=C4CC[C@H]3C1CCC2O. The van der Waals surface area contributed by atoms with Crippen molar-refractivity contribution in [2.24, 2.45) is 17.3 Å². The number of allylic oxidation sites excluding steroid dienone is 4. The number of benzene rings is 1. The van der Waals surface area contributed by atoms with Crippen LogP contribution in [-0.2, 0) is 4.79 Å². The zero-order valence-corrected chi connectivity index (χ0v) is 16.1. The summed E-state index contributed by atoms with van der Waals surface area (Å²) in [6.45, 7) is 2.32. The molecule has 2 saturated carbocycles. The van der Waals surface area contributed by atoms with Gasteiger partial charge in [0, 0.05) is 18.0 Å². The van der Waals surface area contributed by atoms with E-state index in [0.717, 1.165) is 44.2 Å². The number of nitrogens with two attached hydrogens (primary N) is 1. The van der Waals surface area contributed by atoms with Gasteiger partial charge >= 0.3 is 0 Å². The Morgan fingerprint density at radius 2 is 1.85 bits per heavy atom. The fraction of sp³-hybridized carbons (Fsp3) is 0.542. The standard InChI is InChI=1S/C24H29NO2/c1-24-13-20(14-2-5-16(25)6-3-14)23-18-9-7-17(26)12-15(18)4-8-19(23)21(24)10-11-22(24)27/h2-3,5-6,12,19-22,27H,4,7-11,13,25H2,1H3/t19-,20+,21?,22?,24-/m0/s1. The summed E-state index contributed by atoms with van der Waals surface area (Å²) in [7, 11) is 0. The zero-order chi connectivity index (χ0) is 18.8. The molecule has 1 aromatic rings. The quantitative estimate of drug-likeness (QED) is 0.721. The smallest absolute Gasteiger partial charge is 0.156 e. The maximum atomic E-state index is 12.0. The molecule has 142 valence electrons. The number of ketones is 1. The van der Waals surface area contributed by atoms with Crippen molar-refractivity contribution in [2.75, 3.05) is 5.73 Å². The van der Waals surface area contributed by atoms with Crippen molar-refractivity contribution < 1.29 is 9.90 Å². The summed E-state index contributed by atoms with van der Waals surface area (Å²) in [5, 5.41) is 10.9. The van der Waals surface area contributed by atoms with Crippen LogP contribution in [0.5, 0.6) is 0 Å². The van der Waals surface area contributed by atoms with Gasteiger partial charge in [0.15, 0.2) is 5.78 Å². The molecular weight excluding hydrogens is 334 g/mol. The van der Waals surface area contributed by atoms with Gasteiger partial charge in [0.1, 0.15) is 0 Å². The zero-order valence-electron chi connectivity index (χ0n) is 16.1. The lowest BCUT2D eigenvalue weighted by Gasteiger charge is -2.52. The van der Waals surface area contributed by atoms with Crippen molar-refractivity contribution in [2.45, 2.75) is 63.9 Å². The molecule has 2 fully saturated rings. The second kappa shape index (κ2) is 6.07. The molecule has 4 aliphatic rings. The molecule has 0 aliphatic heterocycles. The molecule has 0 bridgehead atoms. The summed E-state index contributed by atoms with van der Waals surface area (Å²) in [5.41, 5.74) is 12.4. The maximum absolute atomic E-state index is 12.0. The molecule has 0 amide bonds. The molecule has 5 atom stereocenters. The Balaban J connectivity index is 1.68. The van der Waals surface area contributed by atoms with E-state index in [1.165, 1.54) is 16.7 Å². The summed E-state index contributed by atoms with van der Waals surface area (Å²) >= 11 is 0. The minimum absolute atomic E-state index is 0.00746. The Kier molecular flexibility index (Phi) is 3.87. The molecular formula is C24H29NO2. The van der Waals surface area contributed by atoms with Gasteiger partial charge in [-0.3, -0.25) is 4.79 Å². The minimum Gasteiger partial charge on any atom is -0.399 e. The topological polar surface area (TPSA) is 63.3 Å². The molecule has 5 rings (SSSR count). The summed E-state index contributed by atoms with van der Waals surface area (Å²) < 4.78 is 0. The molecule has 2 unspecified atom stereocenters. The lowest BCUT2D eigenvalue weighted by atomic mass is 9.53. The molecule has 3 nitrogen and oxygen atoms in total. The number of aliphatic hydroxyl groups is 1. The van der Waals surface area contributed by atoms with Crippen LogP contribution in [0.2, 0.25) is 0 Å². The van der Waals surface area contributed by atoms with Crippen molar-refractivity contribution in [3.05, 3.63) is 52.6 Å². The van der Waals surface area contributed by atoms with Gasteiger partial charge in [0.05, 0.1) is 6.10 Å². The van der Waals surface area contributed by atoms with Gasteiger partial charge in [-0.25, -0.2) is 0 Å². The predicted molar refractivity (Wildman–Crippen MR) is 107 cm³/mol. The van der Waals surface area contributed by atoms with Crippen LogP contribution in [0, 0.1) is 17.3 Å². The Morgan fingerprint density at radius 1 is 1.07 bits per heavy atom. The van der Waals surface area contributed by atoms with Gasteiger partial charge in [-0.2, -0.15) is 0 Å². The summed E-state index contributed by atoms with van der Waals surface area (Å²) in [6, 6.07) is 8.33. The number of carbonyl (C=O) groups excluding carboxylic acids is 1. The third-order valence-electron chi connectivity index (χ3n) is 8.02. The molecule has 0 radical (unpaired) electrons. The minimum atomic E-state index is -0.199. The molecule has 27 heavy (non-hydrogen) atoms. The fourth-order valence-corrected chi connectivity index (χ4v) is 6.66. The summed E-state index contributed by atoms with van der Waals surface area (Å²) in [4.78, 5) is 12.0. The first kappa shape index (κ1) is 17.2. The Hall–Kier alpha value is -1.87. The number of carbonyl (C=O) groups is 1. The molecule has 0 spiro atoms. The number of hydrogen-bond donors (Lipinski definition) is 2. The largest absolute Gasteiger partial charge is 0.399 e. The Morgan fingerprint density at radius 3 is 2.63 bits per heavy atom. The van der Waals surface area contributed by atoms with E-state index in [1.807, 2.05) is 18.2 Å². The highest BCUT2D eigenvalue weighted by Gasteiger charge is 2.56. The van der Waals surface area contributed by atoms with Crippen LogP contribution in [0.1, 0.15) is 63.4 Å². The molecule has 1 aromatic carbocycles. The van der Waals surface area contributed by atoms with E-state index in [1.54, 1.807) is 5.57 Å². The highest BCUT2D eigenvalue weighted by molar-refractivity contribution is 5.93. The molecule has 0 saturated heterocycles. The Labute approximate surface area is 161 Å². The number of nitrogen functional groups attached to an aromatic ring is 1. The number of aliphatic hydroxyl groups excluding tert-OH is 1. The van der Waals surface area contributed by atoms with Crippen molar-refractivity contribution in [3.8, 4) is 0 Å². The predicted octanol–water partition coefficient (Wildman–Crippen LogP) is 4.53. The lowest BCUT2D eigenvalue weighted by molar-refractivity contribution is -0.114. The van der Waals surface area contributed by atoms with E-state index in [9.17, 15) is 9.90 Å². The first-order valence-corrected chi connectivity index (χ1v) is 10.5.